The van der Waals surface area contributed by atoms with E-state index in [1.807, 2.05) is 0 Å². The molecule has 2 atom stereocenters. The normalized spacial score (nSPS) is 15.6. The number of alkyl halides is 1. The minimum Gasteiger partial charge on any atom is -0.396 e. The van der Waals surface area contributed by atoms with E-state index < -0.39 is 0 Å². The smallest absolute Gasteiger partial charge is 0.0466 e. The molecule has 0 radical (unpaired) electrons. The van der Waals surface area contributed by atoms with E-state index in [2.05, 4.69) is 20.8 Å². The van der Waals surface area contributed by atoms with Crippen LogP contribution < -0.4 is 6.15 Å². The van der Waals surface area contributed by atoms with Gasteiger partial charge in [-0.1, -0.05) is 65.2 Å². The Morgan fingerprint density at radius 3 is 1.95 bits per heavy atom. The van der Waals surface area contributed by atoms with Crippen LogP contribution in [-0.2, 0) is 0 Å². The van der Waals surface area contributed by atoms with Crippen LogP contribution in [0.15, 0.2) is 0 Å². The van der Waals surface area contributed by atoms with Crippen LogP contribution in [0.25, 0.3) is 0 Å². The van der Waals surface area contributed by atoms with Gasteiger partial charge in [-0.25, -0.2) is 0 Å². The van der Waals surface area contributed by atoms with Gasteiger partial charge >= 0.3 is 0 Å². The lowest BCUT2D eigenvalue weighted by Crippen LogP contribution is -2.27. The lowest BCUT2D eigenvalue weighted by Gasteiger charge is -2.28. The lowest BCUT2D eigenvalue weighted by molar-refractivity contribution is 0.242. The predicted molar refractivity (Wildman–Crippen MR) is 87.4 cm³/mol. The van der Waals surface area contributed by atoms with Crippen LogP contribution in [0.5, 0.6) is 0 Å². The number of halogens is 1. The van der Waals surface area contributed by atoms with Gasteiger partial charge in [-0.15, -0.1) is 11.6 Å². The third kappa shape index (κ3) is 11.7. The predicted octanol–water partition coefficient (Wildman–Crippen LogP) is 5.70. The van der Waals surface area contributed by atoms with Crippen LogP contribution in [0.4, 0.5) is 0 Å². The zero-order valence-electron chi connectivity index (χ0n) is 13.4. The quantitative estimate of drug-likeness (QED) is 0.358. The molecule has 0 aliphatic rings. The molecule has 0 saturated heterocycles. The fraction of sp³-hybridized carbons (Fsp3) is 1.00. The molecule has 0 heterocycles. The molecule has 2 unspecified atom stereocenters. The highest BCUT2D eigenvalue weighted by Crippen LogP contribution is 2.32. The maximum atomic E-state index is 8.98. The first-order valence-corrected chi connectivity index (χ1v) is 8.22. The summed E-state index contributed by atoms with van der Waals surface area (Å²) in [6.07, 6.45) is 12.8. The average Bonchev–Trinajstić information content (AvgIpc) is 2.32. The Hall–Kier alpha value is 0.210. The summed E-state index contributed by atoms with van der Waals surface area (Å²) in [6, 6.07) is 0. The molecule has 19 heavy (non-hydrogen) atoms. The lowest BCUT2D eigenvalue weighted by atomic mass is 9.87. The summed E-state index contributed by atoms with van der Waals surface area (Å²) in [6.45, 7) is 6.72. The van der Waals surface area contributed by atoms with Gasteiger partial charge in [0.2, 0.25) is 0 Å². The highest BCUT2D eigenvalue weighted by Gasteiger charge is 2.27. The Morgan fingerprint density at radius 1 is 1.00 bits per heavy atom. The number of aliphatic hydroxyl groups is 1. The maximum absolute atomic E-state index is 8.98. The summed E-state index contributed by atoms with van der Waals surface area (Å²) in [7, 11) is 0. The Labute approximate surface area is 125 Å². The van der Waals surface area contributed by atoms with E-state index in [-0.39, 0.29) is 17.6 Å². The van der Waals surface area contributed by atoms with Crippen molar-refractivity contribution in [1.29, 1.82) is 0 Å². The monoisotopic (exact) mass is 293 g/mol. The third-order valence-corrected chi connectivity index (χ3v) is 4.68. The summed E-state index contributed by atoms with van der Waals surface area (Å²) >= 11 is 6.42. The largest absolute Gasteiger partial charge is 0.396 e. The molecule has 0 aromatic rings. The Balaban J connectivity index is 0. The zero-order chi connectivity index (χ0) is 13.9. The van der Waals surface area contributed by atoms with E-state index in [4.69, 9.17) is 16.7 Å². The van der Waals surface area contributed by atoms with E-state index in [0.29, 0.717) is 12.3 Å². The van der Waals surface area contributed by atoms with Gasteiger partial charge in [-0.2, -0.15) is 0 Å². The molecule has 0 saturated carbocycles. The van der Waals surface area contributed by atoms with Crippen molar-refractivity contribution in [2.75, 3.05) is 6.61 Å². The van der Waals surface area contributed by atoms with Crippen LogP contribution in [0.2, 0.25) is 0 Å². The van der Waals surface area contributed by atoms with Gasteiger partial charge in [0.25, 0.3) is 0 Å². The van der Waals surface area contributed by atoms with E-state index in [0.717, 1.165) is 0 Å². The van der Waals surface area contributed by atoms with Gasteiger partial charge in [0.15, 0.2) is 0 Å². The Morgan fingerprint density at radius 2 is 1.47 bits per heavy atom. The van der Waals surface area contributed by atoms with Crippen LogP contribution in [0.3, 0.4) is 0 Å². The van der Waals surface area contributed by atoms with Crippen molar-refractivity contribution in [2.24, 2.45) is 5.92 Å². The first-order chi connectivity index (χ1) is 8.54. The molecular formula is C16H36ClNO. The minimum absolute atomic E-state index is 0. The van der Waals surface area contributed by atoms with Crippen LogP contribution in [0, 0.1) is 5.92 Å². The Bertz CT molecular complexity index is 186. The number of rotatable bonds is 12. The van der Waals surface area contributed by atoms with Crippen molar-refractivity contribution in [1.82, 2.24) is 6.15 Å². The molecule has 3 heteroatoms. The van der Waals surface area contributed by atoms with Gasteiger partial charge in [-0.3, -0.25) is 0 Å². The molecule has 0 fully saturated rings. The van der Waals surface area contributed by atoms with E-state index in [9.17, 15) is 0 Å². The zero-order valence-corrected chi connectivity index (χ0v) is 14.1. The van der Waals surface area contributed by atoms with Gasteiger partial charge in [-0.05, 0) is 25.7 Å². The fourth-order valence-electron chi connectivity index (χ4n) is 2.35. The molecule has 0 amide bonds. The van der Waals surface area contributed by atoms with E-state index in [1.165, 1.54) is 57.8 Å². The molecule has 0 rings (SSSR count). The molecular weight excluding hydrogens is 258 g/mol. The van der Waals surface area contributed by atoms with Crippen molar-refractivity contribution in [3.63, 3.8) is 0 Å². The second kappa shape index (κ2) is 13.2. The van der Waals surface area contributed by atoms with Gasteiger partial charge in [0.05, 0.1) is 0 Å². The van der Waals surface area contributed by atoms with Crippen molar-refractivity contribution in [2.45, 2.75) is 89.9 Å². The van der Waals surface area contributed by atoms with Crippen LogP contribution in [0.1, 0.15) is 85.0 Å². The topological polar surface area (TPSA) is 55.2 Å². The molecule has 2 nitrogen and oxygen atoms in total. The first-order valence-electron chi connectivity index (χ1n) is 7.84. The summed E-state index contributed by atoms with van der Waals surface area (Å²) in [5, 5.41) is 8.98. The molecule has 4 N–H and O–H groups in total. The van der Waals surface area contributed by atoms with Gasteiger partial charge in [0.1, 0.15) is 0 Å². The van der Waals surface area contributed by atoms with Crippen molar-refractivity contribution < 1.29 is 5.11 Å². The minimum atomic E-state index is -0.226. The average molecular weight is 294 g/mol. The van der Waals surface area contributed by atoms with Gasteiger partial charge in [0, 0.05) is 11.5 Å². The number of unbranched alkanes of at least 4 members (excludes halogenated alkanes) is 7. The van der Waals surface area contributed by atoms with E-state index >= 15 is 0 Å². The first kappa shape index (κ1) is 21.5. The van der Waals surface area contributed by atoms with Gasteiger partial charge < -0.3 is 11.3 Å². The molecule has 0 spiro atoms. The molecule has 0 aliphatic carbocycles. The fourth-order valence-corrected chi connectivity index (χ4v) is 2.54. The molecule has 0 aromatic heterocycles. The number of hydrogen-bond donors (Lipinski definition) is 2. The summed E-state index contributed by atoms with van der Waals surface area (Å²) in [5.41, 5.74) is 0. The third-order valence-electron chi connectivity index (χ3n) is 4.12. The van der Waals surface area contributed by atoms with Crippen molar-refractivity contribution >= 4 is 11.6 Å². The number of hydrogen-bond acceptors (Lipinski definition) is 2. The number of aliphatic hydroxyl groups excluding tert-OH is 1. The van der Waals surface area contributed by atoms with Crippen LogP contribution in [-0.4, -0.2) is 16.6 Å². The second-order valence-corrected chi connectivity index (χ2v) is 6.78. The molecule has 0 aliphatic heterocycles. The summed E-state index contributed by atoms with van der Waals surface area (Å²) < 4.78 is 0. The molecule has 0 bridgehead atoms. The molecule has 0 aromatic carbocycles. The van der Waals surface area contributed by atoms with Crippen molar-refractivity contribution in [3.8, 4) is 0 Å². The highest BCUT2D eigenvalue weighted by molar-refractivity contribution is 6.23. The maximum Gasteiger partial charge on any atom is 0.0466 e. The standard InChI is InChI=1S/C16H33ClO.H3N/c1-4-5-6-7-8-9-10-11-12-15(2)16(3,17)13-14-18;/h15,18H,4-14H2,1-3H3;1H3. The SMILES string of the molecule is CCCCCCCCCCC(C)C(C)(Cl)CCO.N. The highest BCUT2D eigenvalue weighted by atomic mass is 35.5. The van der Waals surface area contributed by atoms with Crippen molar-refractivity contribution in [3.05, 3.63) is 0 Å². The summed E-state index contributed by atoms with van der Waals surface area (Å²) in [5.74, 6) is 0.492. The van der Waals surface area contributed by atoms with Crippen LogP contribution >= 0.6 is 11.6 Å². The second-order valence-electron chi connectivity index (χ2n) is 5.92. The van der Waals surface area contributed by atoms with E-state index in [1.54, 1.807) is 0 Å². The summed E-state index contributed by atoms with van der Waals surface area (Å²) in [4.78, 5) is -0.226. The molecule has 118 valence electrons. The Kier molecular flexibility index (Phi) is 14.9.